The Kier molecular flexibility index (Phi) is 3.09. The molecule has 0 spiro atoms. The van der Waals surface area contributed by atoms with Crippen molar-refractivity contribution in [2.45, 2.75) is 70.5 Å². The molecule has 1 heterocycles. The van der Waals surface area contributed by atoms with Crippen molar-refractivity contribution in [3.8, 4) is 0 Å². The van der Waals surface area contributed by atoms with Crippen molar-refractivity contribution in [2.24, 2.45) is 11.1 Å². The first-order valence-corrected chi connectivity index (χ1v) is 6.43. The van der Waals surface area contributed by atoms with Gasteiger partial charge in [0, 0.05) is 0 Å². The molecule has 2 aliphatic rings. The van der Waals surface area contributed by atoms with Gasteiger partial charge in [0.25, 0.3) is 0 Å². The standard InChI is InChI=1S/C13H25NO/c1-12(2)8-5-11(15-12)9-13(10-14)6-3-4-7-13/h11H,3-10,14H2,1-2H3. The van der Waals surface area contributed by atoms with Gasteiger partial charge in [-0.05, 0) is 57.9 Å². The summed E-state index contributed by atoms with van der Waals surface area (Å²) in [5.41, 5.74) is 6.49. The summed E-state index contributed by atoms with van der Waals surface area (Å²) in [5, 5.41) is 0. The van der Waals surface area contributed by atoms with Gasteiger partial charge in [0.05, 0.1) is 11.7 Å². The zero-order valence-electron chi connectivity index (χ0n) is 10.2. The van der Waals surface area contributed by atoms with Crippen LogP contribution in [0, 0.1) is 5.41 Å². The first kappa shape index (κ1) is 11.4. The van der Waals surface area contributed by atoms with E-state index in [1.54, 1.807) is 0 Å². The number of hydrogen-bond acceptors (Lipinski definition) is 2. The largest absolute Gasteiger partial charge is 0.372 e. The van der Waals surface area contributed by atoms with Crippen LogP contribution in [0.4, 0.5) is 0 Å². The van der Waals surface area contributed by atoms with Gasteiger partial charge in [0.15, 0.2) is 0 Å². The molecule has 0 aromatic heterocycles. The van der Waals surface area contributed by atoms with E-state index in [1.165, 1.54) is 44.9 Å². The highest BCUT2D eigenvalue weighted by atomic mass is 16.5. The summed E-state index contributed by atoms with van der Waals surface area (Å²) in [6, 6.07) is 0. The molecule has 1 unspecified atom stereocenters. The van der Waals surface area contributed by atoms with Gasteiger partial charge in [-0.25, -0.2) is 0 Å². The van der Waals surface area contributed by atoms with Crippen molar-refractivity contribution in [2.75, 3.05) is 6.54 Å². The number of ether oxygens (including phenoxy) is 1. The van der Waals surface area contributed by atoms with Crippen LogP contribution in [0.15, 0.2) is 0 Å². The van der Waals surface area contributed by atoms with Gasteiger partial charge in [0.2, 0.25) is 0 Å². The summed E-state index contributed by atoms with van der Waals surface area (Å²) in [7, 11) is 0. The molecule has 0 aromatic rings. The highest BCUT2D eigenvalue weighted by Gasteiger charge is 2.39. The van der Waals surface area contributed by atoms with Gasteiger partial charge < -0.3 is 10.5 Å². The summed E-state index contributed by atoms with van der Waals surface area (Å²) in [4.78, 5) is 0. The van der Waals surface area contributed by atoms with Gasteiger partial charge in [-0.2, -0.15) is 0 Å². The van der Waals surface area contributed by atoms with Crippen molar-refractivity contribution in [3.63, 3.8) is 0 Å². The molecule has 0 bridgehead atoms. The second-order valence-electron chi connectivity index (χ2n) is 6.15. The minimum Gasteiger partial charge on any atom is -0.372 e. The van der Waals surface area contributed by atoms with Crippen LogP contribution in [-0.4, -0.2) is 18.2 Å². The van der Waals surface area contributed by atoms with Gasteiger partial charge in [-0.15, -0.1) is 0 Å². The molecule has 1 saturated heterocycles. The predicted octanol–water partition coefficient (Wildman–Crippen LogP) is 2.85. The molecule has 1 atom stereocenters. The Morgan fingerprint density at radius 2 is 1.87 bits per heavy atom. The summed E-state index contributed by atoms with van der Waals surface area (Å²) in [6.45, 7) is 5.26. The molecule has 15 heavy (non-hydrogen) atoms. The molecule has 2 fully saturated rings. The highest BCUT2D eigenvalue weighted by molar-refractivity contribution is 4.91. The Morgan fingerprint density at radius 1 is 1.20 bits per heavy atom. The average molecular weight is 211 g/mol. The number of rotatable bonds is 3. The van der Waals surface area contributed by atoms with Crippen LogP contribution in [0.1, 0.15) is 58.8 Å². The molecule has 2 rings (SSSR count). The molecule has 2 heteroatoms. The van der Waals surface area contributed by atoms with Crippen molar-refractivity contribution in [1.29, 1.82) is 0 Å². The summed E-state index contributed by atoms with van der Waals surface area (Å²) >= 11 is 0. The van der Waals surface area contributed by atoms with E-state index in [0.717, 1.165) is 6.54 Å². The fourth-order valence-electron chi connectivity index (χ4n) is 3.32. The lowest BCUT2D eigenvalue weighted by Crippen LogP contribution is -2.32. The normalized spacial score (nSPS) is 33.4. The van der Waals surface area contributed by atoms with Crippen LogP contribution in [0.2, 0.25) is 0 Å². The average Bonchev–Trinajstić information content (AvgIpc) is 2.75. The molecule has 2 nitrogen and oxygen atoms in total. The third-order valence-electron chi connectivity index (χ3n) is 4.31. The molecule has 1 aliphatic heterocycles. The van der Waals surface area contributed by atoms with E-state index >= 15 is 0 Å². The van der Waals surface area contributed by atoms with Crippen molar-refractivity contribution < 1.29 is 4.74 Å². The Hall–Kier alpha value is -0.0800. The number of hydrogen-bond donors (Lipinski definition) is 1. The molecule has 2 N–H and O–H groups in total. The van der Waals surface area contributed by atoms with E-state index < -0.39 is 0 Å². The van der Waals surface area contributed by atoms with Gasteiger partial charge >= 0.3 is 0 Å². The van der Waals surface area contributed by atoms with Crippen LogP contribution in [0.25, 0.3) is 0 Å². The molecular formula is C13H25NO. The molecule has 0 radical (unpaired) electrons. The zero-order chi connectivity index (χ0) is 10.9. The molecule has 0 aromatic carbocycles. The minimum atomic E-state index is 0.110. The van der Waals surface area contributed by atoms with E-state index in [2.05, 4.69) is 13.8 Å². The van der Waals surface area contributed by atoms with Gasteiger partial charge in [-0.1, -0.05) is 12.8 Å². The Bertz CT molecular complexity index is 219. The Labute approximate surface area is 93.6 Å². The Balaban J connectivity index is 1.91. The molecular weight excluding hydrogens is 186 g/mol. The lowest BCUT2D eigenvalue weighted by Gasteiger charge is -2.31. The molecule has 0 amide bonds. The third-order valence-corrected chi connectivity index (χ3v) is 4.31. The van der Waals surface area contributed by atoms with E-state index in [9.17, 15) is 0 Å². The maximum absolute atomic E-state index is 6.08. The number of nitrogens with two attached hydrogens (primary N) is 1. The van der Waals surface area contributed by atoms with Crippen LogP contribution < -0.4 is 5.73 Å². The van der Waals surface area contributed by atoms with Crippen molar-refractivity contribution >= 4 is 0 Å². The molecule has 1 aliphatic carbocycles. The minimum absolute atomic E-state index is 0.110. The monoisotopic (exact) mass is 211 g/mol. The quantitative estimate of drug-likeness (QED) is 0.779. The highest BCUT2D eigenvalue weighted by Crippen LogP contribution is 2.44. The maximum Gasteiger partial charge on any atom is 0.0631 e. The van der Waals surface area contributed by atoms with E-state index in [4.69, 9.17) is 10.5 Å². The van der Waals surface area contributed by atoms with Crippen LogP contribution >= 0.6 is 0 Å². The fourth-order valence-corrected chi connectivity index (χ4v) is 3.32. The summed E-state index contributed by atoms with van der Waals surface area (Å²) < 4.78 is 6.08. The summed E-state index contributed by atoms with van der Waals surface area (Å²) in [5.74, 6) is 0. The van der Waals surface area contributed by atoms with Crippen LogP contribution in [-0.2, 0) is 4.74 Å². The summed E-state index contributed by atoms with van der Waals surface area (Å²) in [6.07, 6.45) is 9.50. The molecule has 1 saturated carbocycles. The topological polar surface area (TPSA) is 35.2 Å². The lowest BCUT2D eigenvalue weighted by atomic mass is 9.80. The van der Waals surface area contributed by atoms with Crippen molar-refractivity contribution in [3.05, 3.63) is 0 Å². The van der Waals surface area contributed by atoms with Gasteiger partial charge in [0.1, 0.15) is 0 Å². The third kappa shape index (κ3) is 2.54. The predicted molar refractivity (Wildman–Crippen MR) is 62.8 cm³/mol. The Morgan fingerprint density at radius 3 is 2.33 bits per heavy atom. The van der Waals surface area contributed by atoms with Crippen molar-refractivity contribution in [1.82, 2.24) is 0 Å². The van der Waals surface area contributed by atoms with Crippen LogP contribution in [0.3, 0.4) is 0 Å². The van der Waals surface area contributed by atoms with Crippen LogP contribution in [0.5, 0.6) is 0 Å². The van der Waals surface area contributed by atoms with Gasteiger partial charge in [-0.3, -0.25) is 0 Å². The second-order valence-corrected chi connectivity index (χ2v) is 6.15. The maximum atomic E-state index is 6.08. The molecule has 88 valence electrons. The van der Waals surface area contributed by atoms with E-state index in [1.807, 2.05) is 0 Å². The fraction of sp³-hybridized carbons (Fsp3) is 1.00. The SMILES string of the molecule is CC1(C)CCC(CC2(CN)CCCC2)O1. The second kappa shape index (κ2) is 4.06. The lowest BCUT2D eigenvalue weighted by molar-refractivity contribution is -0.0341. The smallest absolute Gasteiger partial charge is 0.0631 e. The first-order valence-electron chi connectivity index (χ1n) is 6.43. The zero-order valence-corrected chi connectivity index (χ0v) is 10.2. The first-order chi connectivity index (χ1) is 7.05. The van der Waals surface area contributed by atoms with E-state index in [-0.39, 0.29) is 5.60 Å². The van der Waals surface area contributed by atoms with E-state index in [0.29, 0.717) is 11.5 Å².